The lowest BCUT2D eigenvalue weighted by atomic mass is 10.0. The minimum absolute atomic E-state index is 0.0829. The Hall–Kier alpha value is -3.34. The summed E-state index contributed by atoms with van der Waals surface area (Å²) < 4.78 is 11.8. The molecule has 2 heterocycles. The first kappa shape index (κ1) is 19.0. The van der Waals surface area contributed by atoms with Gasteiger partial charge in [0.1, 0.15) is 17.6 Å². The summed E-state index contributed by atoms with van der Waals surface area (Å²) in [6.45, 7) is 4.40. The highest BCUT2D eigenvalue weighted by atomic mass is 16.5. The standard InChI is InChI=1S/C24H24N2O3/c1-16(2)28-20-8-6-18(7-9-20)24(27)26-15-21-14-19-4-3-5-22(23(19)29-21)17-10-12-25-13-11-17/h3-13,16,21H,14-15H2,1-2H3,(H,26,27)/t21-/m1/s1. The predicted molar refractivity (Wildman–Crippen MR) is 112 cm³/mol. The maximum atomic E-state index is 12.5. The molecule has 1 aliphatic heterocycles. The molecule has 148 valence electrons. The van der Waals surface area contributed by atoms with Crippen molar-refractivity contribution in [3.05, 3.63) is 78.1 Å². The smallest absolute Gasteiger partial charge is 0.251 e. The first-order valence-corrected chi connectivity index (χ1v) is 9.84. The lowest BCUT2D eigenvalue weighted by Gasteiger charge is -2.14. The van der Waals surface area contributed by atoms with E-state index in [-0.39, 0.29) is 18.1 Å². The van der Waals surface area contributed by atoms with Crippen LogP contribution >= 0.6 is 0 Å². The van der Waals surface area contributed by atoms with Gasteiger partial charge in [-0.2, -0.15) is 0 Å². The van der Waals surface area contributed by atoms with Gasteiger partial charge in [-0.05, 0) is 61.4 Å². The highest BCUT2D eigenvalue weighted by Gasteiger charge is 2.26. The van der Waals surface area contributed by atoms with Gasteiger partial charge in [-0.3, -0.25) is 9.78 Å². The van der Waals surface area contributed by atoms with Gasteiger partial charge >= 0.3 is 0 Å². The van der Waals surface area contributed by atoms with E-state index in [2.05, 4.69) is 22.4 Å². The molecule has 4 rings (SSSR count). The largest absolute Gasteiger partial charge is 0.491 e. The highest BCUT2D eigenvalue weighted by molar-refractivity contribution is 5.94. The summed E-state index contributed by atoms with van der Waals surface area (Å²) >= 11 is 0. The van der Waals surface area contributed by atoms with E-state index in [1.807, 2.05) is 44.2 Å². The Kier molecular flexibility index (Phi) is 5.47. The highest BCUT2D eigenvalue weighted by Crippen LogP contribution is 2.38. The number of amides is 1. The Bertz CT molecular complexity index is 985. The molecule has 0 unspecified atom stereocenters. The third-order valence-electron chi connectivity index (χ3n) is 4.80. The van der Waals surface area contributed by atoms with Gasteiger partial charge in [0.25, 0.3) is 5.91 Å². The first-order valence-electron chi connectivity index (χ1n) is 9.84. The molecule has 1 atom stereocenters. The number of aromatic nitrogens is 1. The molecule has 5 heteroatoms. The van der Waals surface area contributed by atoms with Crippen molar-refractivity contribution in [2.24, 2.45) is 0 Å². The van der Waals surface area contributed by atoms with Crippen molar-refractivity contribution in [1.82, 2.24) is 10.3 Å². The van der Waals surface area contributed by atoms with Crippen LogP contribution in [0.15, 0.2) is 67.0 Å². The summed E-state index contributed by atoms with van der Waals surface area (Å²) in [5, 5.41) is 2.98. The summed E-state index contributed by atoms with van der Waals surface area (Å²) in [4.78, 5) is 16.6. The van der Waals surface area contributed by atoms with Crippen LogP contribution < -0.4 is 14.8 Å². The van der Waals surface area contributed by atoms with E-state index >= 15 is 0 Å². The molecule has 1 N–H and O–H groups in total. The molecule has 1 aliphatic rings. The zero-order chi connectivity index (χ0) is 20.2. The normalized spacial score (nSPS) is 14.9. The average Bonchev–Trinajstić information content (AvgIpc) is 3.16. The van der Waals surface area contributed by atoms with Crippen molar-refractivity contribution in [3.63, 3.8) is 0 Å². The molecule has 0 aliphatic carbocycles. The molecule has 0 spiro atoms. The van der Waals surface area contributed by atoms with Crippen LogP contribution in [0.5, 0.6) is 11.5 Å². The van der Waals surface area contributed by atoms with Crippen molar-refractivity contribution < 1.29 is 14.3 Å². The number of hydrogen-bond acceptors (Lipinski definition) is 4. The number of fused-ring (bicyclic) bond motifs is 1. The fourth-order valence-corrected chi connectivity index (χ4v) is 3.48. The quantitative estimate of drug-likeness (QED) is 0.685. The van der Waals surface area contributed by atoms with Crippen LogP contribution in [0.2, 0.25) is 0 Å². The number of rotatable bonds is 6. The van der Waals surface area contributed by atoms with Gasteiger partial charge in [-0.15, -0.1) is 0 Å². The van der Waals surface area contributed by atoms with E-state index in [1.54, 1.807) is 24.5 Å². The van der Waals surface area contributed by atoms with Crippen LogP contribution in [0.1, 0.15) is 29.8 Å². The molecule has 0 saturated heterocycles. The lowest BCUT2D eigenvalue weighted by molar-refractivity contribution is 0.0933. The average molecular weight is 388 g/mol. The molecular formula is C24H24N2O3. The molecule has 0 fully saturated rings. The number of hydrogen-bond donors (Lipinski definition) is 1. The molecular weight excluding hydrogens is 364 g/mol. The fourth-order valence-electron chi connectivity index (χ4n) is 3.48. The van der Waals surface area contributed by atoms with Gasteiger partial charge in [0, 0.05) is 29.9 Å². The predicted octanol–water partition coefficient (Wildman–Crippen LogP) is 4.27. The Labute approximate surface area is 170 Å². The second-order valence-corrected chi connectivity index (χ2v) is 7.37. The van der Waals surface area contributed by atoms with E-state index in [9.17, 15) is 4.79 Å². The minimum Gasteiger partial charge on any atom is -0.491 e. The SMILES string of the molecule is CC(C)Oc1ccc(C(=O)NC[C@H]2Cc3cccc(-c4ccncc4)c3O2)cc1. The van der Waals surface area contributed by atoms with Crippen LogP contribution in [0.4, 0.5) is 0 Å². The minimum atomic E-state index is -0.116. The molecule has 29 heavy (non-hydrogen) atoms. The second-order valence-electron chi connectivity index (χ2n) is 7.37. The Morgan fingerprint density at radius 3 is 2.62 bits per heavy atom. The fraction of sp³-hybridized carbons (Fsp3) is 0.250. The topological polar surface area (TPSA) is 60.5 Å². The second kappa shape index (κ2) is 8.35. The summed E-state index contributed by atoms with van der Waals surface area (Å²) in [6.07, 6.45) is 4.35. The van der Waals surface area contributed by atoms with Gasteiger partial charge < -0.3 is 14.8 Å². The van der Waals surface area contributed by atoms with Crippen LogP contribution in [0.25, 0.3) is 11.1 Å². The molecule has 5 nitrogen and oxygen atoms in total. The number of nitrogens with zero attached hydrogens (tertiary/aromatic N) is 1. The van der Waals surface area contributed by atoms with Crippen molar-refractivity contribution >= 4 is 5.91 Å². The van der Waals surface area contributed by atoms with E-state index in [1.165, 1.54) is 0 Å². The summed E-state index contributed by atoms with van der Waals surface area (Å²) in [5.41, 5.74) is 3.90. The zero-order valence-corrected chi connectivity index (χ0v) is 16.6. The summed E-state index contributed by atoms with van der Waals surface area (Å²) in [6, 6.07) is 17.3. The number of pyridine rings is 1. The maximum absolute atomic E-state index is 12.5. The third kappa shape index (κ3) is 4.40. The molecule has 0 radical (unpaired) electrons. The zero-order valence-electron chi connectivity index (χ0n) is 16.6. The van der Waals surface area contributed by atoms with E-state index < -0.39 is 0 Å². The monoisotopic (exact) mass is 388 g/mol. The van der Waals surface area contributed by atoms with Crippen LogP contribution in [0.3, 0.4) is 0 Å². The number of ether oxygens (including phenoxy) is 2. The lowest BCUT2D eigenvalue weighted by Crippen LogP contribution is -2.34. The van der Waals surface area contributed by atoms with Crippen molar-refractivity contribution in [2.75, 3.05) is 6.54 Å². The van der Waals surface area contributed by atoms with E-state index in [0.717, 1.165) is 34.6 Å². The Balaban J connectivity index is 1.38. The van der Waals surface area contributed by atoms with Crippen molar-refractivity contribution in [1.29, 1.82) is 0 Å². The summed E-state index contributed by atoms with van der Waals surface area (Å²) in [5.74, 6) is 1.54. The molecule has 1 amide bonds. The van der Waals surface area contributed by atoms with Gasteiger partial charge in [-0.1, -0.05) is 18.2 Å². The number of carbonyl (C=O) groups excluding carboxylic acids is 1. The molecule has 1 aromatic heterocycles. The number of carbonyl (C=O) groups is 1. The maximum Gasteiger partial charge on any atom is 0.251 e. The van der Waals surface area contributed by atoms with Gasteiger partial charge in [0.2, 0.25) is 0 Å². The molecule has 3 aromatic rings. The molecule has 0 saturated carbocycles. The van der Waals surface area contributed by atoms with E-state index in [4.69, 9.17) is 9.47 Å². The number of nitrogens with one attached hydrogen (secondary N) is 1. The van der Waals surface area contributed by atoms with Crippen molar-refractivity contribution in [2.45, 2.75) is 32.5 Å². The van der Waals surface area contributed by atoms with Gasteiger partial charge in [0.15, 0.2) is 0 Å². The Morgan fingerprint density at radius 2 is 1.90 bits per heavy atom. The Morgan fingerprint density at radius 1 is 1.14 bits per heavy atom. The van der Waals surface area contributed by atoms with Crippen LogP contribution in [-0.2, 0) is 6.42 Å². The van der Waals surface area contributed by atoms with Crippen LogP contribution in [0, 0.1) is 0 Å². The van der Waals surface area contributed by atoms with Crippen molar-refractivity contribution in [3.8, 4) is 22.6 Å². The number of benzene rings is 2. The summed E-state index contributed by atoms with van der Waals surface area (Å²) in [7, 11) is 0. The van der Waals surface area contributed by atoms with Crippen LogP contribution in [-0.4, -0.2) is 29.6 Å². The van der Waals surface area contributed by atoms with Gasteiger partial charge in [-0.25, -0.2) is 0 Å². The molecule has 0 bridgehead atoms. The van der Waals surface area contributed by atoms with Gasteiger partial charge in [0.05, 0.1) is 12.6 Å². The van der Waals surface area contributed by atoms with E-state index in [0.29, 0.717) is 12.1 Å². The number of para-hydroxylation sites is 1. The first-order chi connectivity index (χ1) is 14.1. The molecule has 2 aromatic carbocycles. The third-order valence-corrected chi connectivity index (χ3v) is 4.80.